The fourth-order valence-corrected chi connectivity index (χ4v) is 4.52. The van der Waals surface area contributed by atoms with Crippen molar-refractivity contribution in [2.24, 2.45) is 0 Å². The molecule has 0 aromatic heterocycles. The Morgan fingerprint density at radius 3 is 2.38 bits per heavy atom. The van der Waals surface area contributed by atoms with Crippen LogP contribution in [0.1, 0.15) is 19.8 Å². The first-order valence-electron chi connectivity index (χ1n) is 6.83. The molecule has 3 N–H and O–H groups in total. The Bertz CT molecular complexity index is 595. The van der Waals surface area contributed by atoms with Gasteiger partial charge in [-0.1, -0.05) is 30.1 Å². The third-order valence-corrected chi connectivity index (χ3v) is 5.83. The van der Waals surface area contributed by atoms with Crippen LogP contribution in [0, 0.1) is 0 Å². The predicted octanol–water partition coefficient (Wildman–Crippen LogP) is 2.34. The highest BCUT2D eigenvalue weighted by Crippen LogP contribution is 2.31. The molecule has 1 aliphatic carbocycles. The zero-order chi connectivity index (χ0) is 15.6. The number of hydrogen-bond donors (Lipinski definition) is 2. The van der Waals surface area contributed by atoms with Crippen LogP contribution in [0.5, 0.6) is 0 Å². The zero-order valence-corrected chi connectivity index (χ0v) is 14.1. The molecule has 8 heteroatoms. The van der Waals surface area contributed by atoms with Gasteiger partial charge in [-0.2, -0.15) is 0 Å². The lowest BCUT2D eigenvalue weighted by atomic mass is 10.3. The van der Waals surface area contributed by atoms with Gasteiger partial charge in [0, 0.05) is 24.8 Å². The summed E-state index contributed by atoms with van der Waals surface area (Å²) in [7, 11) is -3.74. The second kappa shape index (κ2) is 6.71. The van der Waals surface area contributed by atoms with Crippen LogP contribution in [-0.2, 0) is 10.0 Å². The number of hydrogen-bond acceptors (Lipinski definition) is 4. The van der Waals surface area contributed by atoms with Gasteiger partial charge < -0.3 is 5.73 Å². The van der Waals surface area contributed by atoms with E-state index in [1.54, 1.807) is 0 Å². The summed E-state index contributed by atoms with van der Waals surface area (Å²) in [6.07, 6.45) is 2.38. The first-order valence-corrected chi connectivity index (χ1v) is 9.07. The minimum atomic E-state index is -3.74. The number of sulfonamides is 1. The summed E-state index contributed by atoms with van der Waals surface area (Å²) in [5, 5.41) is 0.0593. The van der Waals surface area contributed by atoms with Crippen molar-refractivity contribution < 1.29 is 8.42 Å². The molecule has 0 aliphatic heterocycles. The third kappa shape index (κ3) is 4.23. The average Bonchev–Trinajstić information content (AvgIpc) is 3.17. The summed E-state index contributed by atoms with van der Waals surface area (Å²) in [5.74, 6) is 0. The molecule has 0 unspecified atom stereocenters. The molecule has 0 atom stereocenters. The number of halogens is 2. The van der Waals surface area contributed by atoms with Crippen molar-refractivity contribution in [3.63, 3.8) is 0 Å². The van der Waals surface area contributed by atoms with Crippen LogP contribution in [0.2, 0.25) is 10.0 Å². The van der Waals surface area contributed by atoms with Gasteiger partial charge in [0.1, 0.15) is 4.90 Å². The fourth-order valence-electron chi connectivity index (χ4n) is 2.27. The minimum absolute atomic E-state index is 0.0297. The lowest BCUT2D eigenvalue weighted by Crippen LogP contribution is -2.36. The number of nitrogens with zero attached hydrogens (tertiary/aromatic N) is 1. The third-order valence-electron chi connectivity index (χ3n) is 3.45. The van der Waals surface area contributed by atoms with Crippen LogP contribution in [-0.4, -0.2) is 39.0 Å². The lowest BCUT2D eigenvalue weighted by molar-refractivity contribution is 0.282. The lowest BCUT2D eigenvalue weighted by Gasteiger charge is -2.20. The first kappa shape index (κ1) is 16.8. The van der Waals surface area contributed by atoms with E-state index in [-0.39, 0.29) is 14.9 Å². The molecule has 21 heavy (non-hydrogen) atoms. The van der Waals surface area contributed by atoms with E-state index in [1.807, 2.05) is 0 Å². The smallest absolute Gasteiger partial charge is 0.243 e. The highest BCUT2D eigenvalue weighted by Gasteiger charge is 2.28. The normalized spacial score (nSPS) is 15.6. The van der Waals surface area contributed by atoms with Gasteiger partial charge in [0.2, 0.25) is 10.0 Å². The standard InChI is InChI=1S/C13H19Cl2N3O2S/c1-2-18(10-3-4-10)6-5-17-21(19,20)13-11(14)7-9(16)8-12(13)15/h7-8,10,17H,2-6,16H2,1H3. The van der Waals surface area contributed by atoms with Crippen LogP contribution in [0.25, 0.3) is 0 Å². The van der Waals surface area contributed by atoms with Crippen molar-refractivity contribution in [2.75, 3.05) is 25.4 Å². The summed E-state index contributed by atoms with van der Waals surface area (Å²) >= 11 is 11.9. The van der Waals surface area contributed by atoms with Gasteiger partial charge >= 0.3 is 0 Å². The molecule has 1 aliphatic rings. The largest absolute Gasteiger partial charge is 0.399 e. The van der Waals surface area contributed by atoms with Crippen molar-refractivity contribution in [3.05, 3.63) is 22.2 Å². The number of nitrogens with one attached hydrogen (secondary N) is 1. The molecule has 0 radical (unpaired) electrons. The van der Waals surface area contributed by atoms with E-state index in [1.165, 1.54) is 25.0 Å². The maximum Gasteiger partial charge on any atom is 0.243 e. The van der Waals surface area contributed by atoms with Crippen LogP contribution in [0.3, 0.4) is 0 Å². The van der Waals surface area contributed by atoms with Crippen molar-refractivity contribution >= 4 is 38.9 Å². The van der Waals surface area contributed by atoms with Gasteiger partial charge in [-0.05, 0) is 31.5 Å². The van der Waals surface area contributed by atoms with Crippen molar-refractivity contribution in [3.8, 4) is 0 Å². The Labute approximate surface area is 135 Å². The van der Waals surface area contributed by atoms with E-state index in [0.29, 0.717) is 24.8 Å². The highest BCUT2D eigenvalue weighted by molar-refractivity contribution is 7.89. The van der Waals surface area contributed by atoms with Crippen LogP contribution in [0.15, 0.2) is 17.0 Å². The number of rotatable bonds is 7. The number of nitrogens with two attached hydrogens (primary N) is 1. The number of benzene rings is 1. The molecule has 0 bridgehead atoms. The summed E-state index contributed by atoms with van der Waals surface area (Å²) in [4.78, 5) is 2.14. The summed E-state index contributed by atoms with van der Waals surface area (Å²) in [5.41, 5.74) is 5.91. The molecule has 0 saturated heterocycles. The zero-order valence-electron chi connectivity index (χ0n) is 11.8. The minimum Gasteiger partial charge on any atom is -0.399 e. The summed E-state index contributed by atoms with van der Waals surface area (Å²) < 4.78 is 27.1. The molecule has 0 heterocycles. The number of likely N-dealkylation sites (N-methyl/N-ethyl adjacent to an activating group) is 1. The Hall–Kier alpha value is -0.530. The molecule has 118 valence electrons. The van der Waals surface area contributed by atoms with Crippen LogP contribution < -0.4 is 10.5 Å². The summed E-state index contributed by atoms with van der Waals surface area (Å²) in [6, 6.07) is 3.36. The second-order valence-electron chi connectivity index (χ2n) is 5.07. The van der Waals surface area contributed by atoms with Gasteiger partial charge in [-0.15, -0.1) is 0 Å². The second-order valence-corrected chi connectivity index (χ2v) is 7.59. The van der Waals surface area contributed by atoms with Gasteiger partial charge in [0.25, 0.3) is 0 Å². The van der Waals surface area contributed by atoms with E-state index in [0.717, 1.165) is 6.54 Å². The van der Waals surface area contributed by atoms with E-state index < -0.39 is 10.0 Å². The first-order chi connectivity index (χ1) is 9.85. The highest BCUT2D eigenvalue weighted by atomic mass is 35.5. The Balaban J connectivity index is 2.05. The fraction of sp³-hybridized carbons (Fsp3) is 0.538. The molecule has 2 rings (SSSR count). The Morgan fingerprint density at radius 1 is 1.33 bits per heavy atom. The summed E-state index contributed by atoms with van der Waals surface area (Å²) in [6.45, 7) is 3.98. The van der Waals surface area contributed by atoms with Crippen LogP contribution >= 0.6 is 23.2 Å². The predicted molar refractivity (Wildman–Crippen MR) is 86.3 cm³/mol. The van der Waals surface area contributed by atoms with Crippen molar-refractivity contribution in [1.29, 1.82) is 0 Å². The van der Waals surface area contributed by atoms with Gasteiger partial charge in [-0.25, -0.2) is 13.1 Å². The molecule has 0 amide bonds. The van der Waals surface area contributed by atoms with Crippen molar-refractivity contribution in [2.45, 2.75) is 30.7 Å². The van der Waals surface area contributed by atoms with E-state index >= 15 is 0 Å². The van der Waals surface area contributed by atoms with E-state index in [2.05, 4.69) is 16.5 Å². The maximum atomic E-state index is 12.3. The Kier molecular flexibility index (Phi) is 5.38. The topological polar surface area (TPSA) is 75.4 Å². The number of anilines is 1. The van der Waals surface area contributed by atoms with Crippen LogP contribution in [0.4, 0.5) is 5.69 Å². The molecular formula is C13H19Cl2N3O2S. The molecular weight excluding hydrogens is 333 g/mol. The van der Waals surface area contributed by atoms with Gasteiger partial charge in [-0.3, -0.25) is 4.90 Å². The van der Waals surface area contributed by atoms with Crippen molar-refractivity contribution in [1.82, 2.24) is 9.62 Å². The molecule has 1 aromatic rings. The quantitative estimate of drug-likeness (QED) is 0.739. The average molecular weight is 352 g/mol. The molecule has 5 nitrogen and oxygen atoms in total. The number of nitrogen functional groups attached to an aromatic ring is 1. The molecule has 1 aromatic carbocycles. The molecule has 0 spiro atoms. The van der Waals surface area contributed by atoms with E-state index in [9.17, 15) is 8.42 Å². The monoisotopic (exact) mass is 351 g/mol. The van der Waals surface area contributed by atoms with E-state index in [4.69, 9.17) is 28.9 Å². The van der Waals surface area contributed by atoms with Gasteiger partial charge in [0.15, 0.2) is 0 Å². The SMILES string of the molecule is CCN(CCNS(=O)(=O)c1c(Cl)cc(N)cc1Cl)C1CC1. The Morgan fingerprint density at radius 2 is 1.90 bits per heavy atom. The maximum absolute atomic E-state index is 12.3. The van der Waals surface area contributed by atoms with Gasteiger partial charge in [0.05, 0.1) is 10.0 Å². The molecule has 1 fully saturated rings. The molecule has 1 saturated carbocycles.